The van der Waals surface area contributed by atoms with E-state index >= 15 is 0 Å². The summed E-state index contributed by atoms with van der Waals surface area (Å²) >= 11 is 0. The van der Waals surface area contributed by atoms with Gasteiger partial charge in [-0.2, -0.15) is 0 Å². The molecule has 0 radical (unpaired) electrons. The Hall–Kier alpha value is -1.44. The highest BCUT2D eigenvalue weighted by molar-refractivity contribution is 7.89. The van der Waals surface area contributed by atoms with Crippen LogP contribution in [0.5, 0.6) is 0 Å². The molecule has 0 aliphatic carbocycles. The summed E-state index contributed by atoms with van der Waals surface area (Å²) in [5.41, 5.74) is 0.837. The predicted octanol–water partition coefficient (Wildman–Crippen LogP) is 0.263. The number of benzene rings is 1. The minimum atomic E-state index is -3.68. The monoisotopic (exact) mass is 297 g/mol. The van der Waals surface area contributed by atoms with Crippen molar-refractivity contribution in [2.45, 2.75) is 36.7 Å². The molecule has 20 heavy (non-hydrogen) atoms. The lowest BCUT2D eigenvalue weighted by Gasteiger charge is -2.17. The van der Waals surface area contributed by atoms with Gasteiger partial charge < -0.3 is 10.6 Å². The van der Waals surface area contributed by atoms with Gasteiger partial charge in [0.05, 0.1) is 17.0 Å². The molecule has 1 aromatic rings. The normalized spacial score (nSPS) is 20.6. The van der Waals surface area contributed by atoms with Gasteiger partial charge in [0.2, 0.25) is 15.9 Å². The number of carbonyl (C=O) groups excluding carboxylic acids is 1. The van der Waals surface area contributed by atoms with Gasteiger partial charge in [0, 0.05) is 0 Å². The Morgan fingerprint density at radius 2 is 2.05 bits per heavy atom. The number of carbonyl (C=O) groups is 1. The molecule has 2 atom stereocenters. The summed E-state index contributed by atoms with van der Waals surface area (Å²) in [6, 6.07) is 5.91. The molecule has 1 fully saturated rings. The molecule has 2 unspecified atom stereocenters. The SMILES string of the molecule is CC(NC(=O)C1CCCN1)c1ccc(S(N)(=O)=O)cc1. The van der Waals surface area contributed by atoms with Crippen molar-refractivity contribution >= 4 is 15.9 Å². The van der Waals surface area contributed by atoms with Crippen LogP contribution in [0.2, 0.25) is 0 Å². The third-order valence-corrected chi connectivity index (χ3v) is 4.37. The molecule has 1 saturated heterocycles. The Morgan fingerprint density at radius 1 is 1.40 bits per heavy atom. The third-order valence-electron chi connectivity index (χ3n) is 3.44. The maximum Gasteiger partial charge on any atom is 0.238 e. The zero-order chi connectivity index (χ0) is 14.8. The first-order chi connectivity index (χ1) is 9.38. The van der Waals surface area contributed by atoms with Gasteiger partial charge in [-0.1, -0.05) is 12.1 Å². The minimum Gasteiger partial charge on any atom is -0.348 e. The van der Waals surface area contributed by atoms with Crippen molar-refractivity contribution in [3.63, 3.8) is 0 Å². The highest BCUT2D eigenvalue weighted by Crippen LogP contribution is 2.16. The van der Waals surface area contributed by atoms with E-state index in [2.05, 4.69) is 10.6 Å². The smallest absolute Gasteiger partial charge is 0.238 e. The number of nitrogens with one attached hydrogen (secondary N) is 2. The fourth-order valence-electron chi connectivity index (χ4n) is 2.25. The average molecular weight is 297 g/mol. The first-order valence-electron chi connectivity index (χ1n) is 6.54. The van der Waals surface area contributed by atoms with Crippen molar-refractivity contribution < 1.29 is 13.2 Å². The molecule has 7 heteroatoms. The Balaban J connectivity index is 2.02. The fraction of sp³-hybridized carbons (Fsp3) is 0.462. The minimum absolute atomic E-state index is 0.0227. The Bertz CT molecular complexity index is 577. The van der Waals surface area contributed by atoms with Crippen molar-refractivity contribution in [3.8, 4) is 0 Å². The molecule has 4 N–H and O–H groups in total. The Morgan fingerprint density at radius 3 is 2.55 bits per heavy atom. The van der Waals surface area contributed by atoms with Crippen LogP contribution in [0, 0.1) is 0 Å². The zero-order valence-electron chi connectivity index (χ0n) is 11.3. The van der Waals surface area contributed by atoms with E-state index in [0.717, 1.165) is 24.9 Å². The van der Waals surface area contributed by atoms with Crippen LogP contribution in [-0.4, -0.2) is 26.9 Å². The van der Waals surface area contributed by atoms with Gasteiger partial charge in [-0.25, -0.2) is 13.6 Å². The maximum atomic E-state index is 12.0. The number of rotatable bonds is 4. The molecule has 110 valence electrons. The molecule has 0 saturated carbocycles. The lowest BCUT2D eigenvalue weighted by molar-refractivity contribution is -0.123. The summed E-state index contributed by atoms with van der Waals surface area (Å²) in [6.45, 7) is 2.73. The number of hydrogen-bond acceptors (Lipinski definition) is 4. The van der Waals surface area contributed by atoms with Crippen LogP contribution in [0.15, 0.2) is 29.2 Å². The van der Waals surface area contributed by atoms with Crippen LogP contribution in [0.25, 0.3) is 0 Å². The molecule has 1 aromatic carbocycles. The Labute approximate surface area is 118 Å². The van der Waals surface area contributed by atoms with Crippen molar-refractivity contribution in [3.05, 3.63) is 29.8 Å². The van der Waals surface area contributed by atoms with Crippen LogP contribution in [0.1, 0.15) is 31.4 Å². The summed E-state index contributed by atoms with van der Waals surface area (Å²) < 4.78 is 22.3. The first-order valence-corrected chi connectivity index (χ1v) is 8.09. The molecule has 1 amide bonds. The number of primary sulfonamides is 1. The van der Waals surface area contributed by atoms with Crippen LogP contribution in [0.4, 0.5) is 0 Å². The van der Waals surface area contributed by atoms with E-state index in [1.54, 1.807) is 12.1 Å². The van der Waals surface area contributed by atoms with E-state index < -0.39 is 10.0 Å². The summed E-state index contributed by atoms with van der Waals surface area (Å²) in [7, 11) is -3.68. The second-order valence-electron chi connectivity index (χ2n) is 4.99. The lowest BCUT2D eigenvalue weighted by Crippen LogP contribution is -2.41. The van der Waals surface area contributed by atoms with Crippen LogP contribution < -0.4 is 15.8 Å². The molecular formula is C13H19N3O3S. The summed E-state index contributed by atoms with van der Waals surface area (Å²) in [5, 5.41) is 11.1. The van der Waals surface area contributed by atoms with Gasteiger partial charge >= 0.3 is 0 Å². The molecule has 1 aliphatic rings. The van der Waals surface area contributed by atoms with E-state index in [9.17, 15) is 13.2 Å². The van der Waals surface area contributed by atoms with Crippen LogP contribution >= 0.6 is 0 Å². The maximum absolute atomic E-state index is 12.0. The van der Waals surface area contributed by atoms with Crippen LogP contribution in [0.3, 0.4) is 0 Å². The lowest BCUT2D eigenvalue weighted by atomic mass is 10.1. The van der Waals surface area contributed by atoms with E-state index in [1.165, 1.54) is 12.1 Å². The quantitative estimate of drug-likeness (QED) is 0.742. The largest absolute Gasteiger partial charge is 0.348 e. The van der Waals surface area contributed by atoms with Gasteiger partial charge in [-0.05, 0) is 44.0 Å². The van der Waals surface area contributed by atoms with Gasteiger partial charge in [-0.15, -0.1) is 0 Å². The topological polar surface area (TPSA) is 101 Å². The third kappa shape index (κ3) is 3.56. The highest BCUT2D eigenvalue weighted by atomic mass is 32.2. The highest BCUT2D eigenvalue weighted by Gasteiger charge is 2.23. The summed E-state index contributed by atoms with van der Waals surface area (Å²) in [5.74, 6) is -0.0227. The molecule has 1 heterocycles. The van der Waals surface area contributed by atoms with Crippen molar-refractivity contribution in [2.75, 3.05) is 6.54 Å². The van der Waals surface area contributed by atoms with Crippen molar-refractivity contribution in [2.24, 2.45) is 5.14 Å². The number of amides is 1. The summed E-state index contributed by atoms with van der Waals surface area (Å²) in [6.07, 6.45) is 1.86. The second kappa shape index (κ2) is 5.90. The number of sulfonamides is 1. The molecule has 0 spiro atoms. The van der Waals surface area contributed by atoms with E-state index in [0.29, 0.717) is 0 Å². The molecular weight excluding hydrogens is 278 g/mol. The zero-order valence-corrected chi connectivity index (χ0v) is 12.1. The van der Waals surface area contributed by atoms with E-state index in [1.807, 2.05) is 6.92 Å². The molecule has 2 rings (SSSR count). The first kappa shape index (κ1) is 15.0. The molecule has 1 aliphatic heterocycles. The number of nitrogens with two attached hydrogens (primary N) is 1. The van der Waals surface area contributed by atoms with Gasteiger partial charge in [0.25, 0.3) is 0 Å². The van der Waals surface area contributed by atoms with Gasteiger partial charge in [0.1, 0.15) is 0 Å². The van der Waals surface area contributed by atoms with Crippen molar-refractivity contribution in [1.82, 2.24) is 10.6 Å². The van der Waals surface area contributed by atoms with E-state index in [-0.39, 0.29) is 22.9 Å². The number of hydrogen-bond donors (Lipinski definition) is 3. The van der Waals surface area contributed by atoms with Crippen LogP contribution in [-0.2, 0) is 14.8 Å². The average Bonchev–Trinajstić information content (AvgIpc) is 2.91. The van der Waals surface area contributed by atoms with Crippen molar-refractivity contribution in [1.29, 1.82) is 0 Å². The molecule has 0 aromatic heterocycles. The Kier molecular flexibility index (Phi) is 4.42. The van der Waals surface area contributed by atoms with Gasteiger partial charge in [0.15, 0.2) is 0 Å². The predicted molar refractivity (Wildman–Crippen MR) is 75.4 cm³/mol. The molecule has 6 nitrogen and oxygen atoms in total. The van der Waals surface area contributed by atoms with E-state index in [4.69, 9.17) is 5.14 Å². The molecule has 0 bridgehead atoms. The summed E-state index contributed by atoms with van der Waals surface area (Å²) in [4.78, 5) is 12.0. The standard InChI is InChI=1S/C13H19N3O3S/c1-9(16-13(17)12-3-2-8-15-12)10-4-6-11(7-5-10)20(14,18)19/h4-7,9,12,15H,2-3,8H2,1H3,(H,16,17)(H2,14,18,19). The van der Waals surface area contributed by atoms with Gasteiger partial charge in [-0.3, -0.25) is 4.79 Å². The fourth-order valence-corrected chi connectivity index (χ4v) is 2.77. The second-order valence-corrected chi connectivity index (χ2v) is 6.55.